The van der Waals surface area contributed by atoms with Gasteiger partial charge in [0.2, 0.25) is 5.91 Å². The molecule has 1 saturated heterocycles. The van der Waals surface area contributed by atoms with E-state index in [1.807, 2.05) is 18.2 Å². The molecule has 1 heterocycles. The summed E-state index contributed by atoms with van der Waals surface area (Å²) in [7, 11) is 0. The van der Waals surface area contributed by atoms with Crippen LogP contribution in [0.1, 0.15) is 17.9 Å². The van der Waals surface area contributed by atoms with Crippen LogP contribution >= 0.6 is 15.9 Å². The Morgan fingerprint density at radius 1 is 1.17 bits per heavy atom. The Hall–Kier alpha value is -2.40. The molecule has 4 atom stereocenters. The third kappa shape index (κ3) is 1.65. The van der Waals surface area contributed by atoms with Crippen molar-refractivity contribution in [3.63, 3.8) is 0 Å². The monoisotopic (exact) mass is 370 g/mol. The second-order valence-corrected chi connectivity index (χ2v) is 6.88. The molecule has 1 aromatic carbocycles. The molecule has 114 valence electrons. The summed E-state index contributed by atoms with van der Waals surface area (Å²) >= 11 is 3.36. The molecule has 0 radical (unpaired) electrons. The van der Waals surface area contributed by atoms with E-state index in [0.717, 1.165) is 0 Å². The topological polar surface area (TPSA) is 121 Å². The zero-order valence-corrected chi connectivity index (χ0v) is 13.4. The van der Waals surface area contributed by atoms with Gasteiger partial charge in [0, 0.05) is 12.3 Å². The smallest absolute Gasteiger partial charge is 0.245 e. The average molecular weight is 371 g/mol. The predicted octanol–water partition coefficient (Wildman–Crippen LogP) is 1.30. The number of nitrogens with zero attached hydrogens (tertiary/aromatic N) is 3. The molecule has 0 spiro atoms. The number of hydrogen-bond acceptors (Lipinski definition) is 5. The van der Waals surface area contributed by atoms with Crippen molar-refractivity contribution in [2.24, 2.45) is 10.8 Å². The molecule has 1 saturated carbocycles. The van der Waals surface area contributed by atoms with Crippen LogP contribution in [0.15, 0.2) is 30.3 Å². The van der Waals surface area contributed by atoms with Gasteiger partial charge in [-0.2, -0.15) is 15.8 Å². The van der Waals surface area contributed by atoms with E-state index in [0.29, 0.717) is 5.56 Å². The van der Waals surface area contributed by atoms with Gasteiger partial charge < -0.3 is 10.4 Å². The van der Waals surface area contributed by atoms with Gasteiger partial charge in [-0.3, -0.25) is 4.79 Å². The Balaban J connectivity index is 2.35. The largest absolute Gasteiger partial charge is 0.370 e. The molecule has 3 rings (SSSR count). The Morgan fingerprint density at radius 2 is 1.78 bits per heavy atom. The van der Waals surface area contributed by atoms with Crippen molar-refractivity contribution >= 4 is 21.8 Å². The quantitative estimate of drug-likeness (QED) is 0.721. The number of aliphatic hydroxyl groups is 1. The number of amides is 1. The molecule has 1 aromatic rings. The number of alkyl halides is 1. The van der Waals surface area contributed by atoms with Crippen molar-refractivity contribution in [3.05, 3.63) is 35.9 Å². The fraction of sp³-hybridized carbons (Fsp3) is 0.375. The number of halogens is 1. The molecular formula is C16H11BrN4O2. The van der Waals surface area contributed by atoms with Gasteiger partial charge in [0.05, 0.1) is 23.0 Å². The van der Waals surface area contributed by atoms with E-state index in [1.54, 1.807) is 30.3 Å². The maximum Gasteiger partial charge on any atom is 0.245 e. The van der Waals surface area contributed by atoms with Crippen LogP contribution in [-0.2, 0) is 4.79 Å². The minimum Gasteiger partial charge on any atom is -0.370 e. The summed E-state index contributed by atoms with van der Waals surface area (Å²) in [5, 5.41) is 42.4. The molecule has 2 N–H and O–H groups in total. The van der Waals surface area contributed by atoms with Crippen LogP contribution in [0.3, 0.4) is 0 Å². The lowest BCUT2D eigenvalue weighted by Gasteiger charge is -2.47. The highest BCUT2D eigenvalue weighted by Gasteiger charge is 2.76. The Morgan fingerprint density at radius 3 is 2.30 bits per heavy atom. The maximum absolute atomic E-state index is 12.5. The van der Waals surface area contributed by atoms with Gasteiger partial charge in [0.1, 0.15) is 0 Å². The summed E-state index contributed by atoms with van der Waals surface area (Å²) in [6.45, 7) is 0. The standard InChI is InChI=1S/C16H11BrN4O2/c17-12-11(10-4-2-1-3-5-10)15(8-19,9-20)14(7-18)6-16(12,23)21-13(14)22/h1-5,11-12,23H,6H2,(H,21,22)/t11-,12-,14+,16+/m0/s1. The van der Waals surface area contributed by atoms with Gasteiger partial charge >= 0.3 is 0 Å². The second-order valence-electron chi connectivity index (χ2n) is 5.89. The molecule has 2 bridgehead atoms. The SMILES string of the molecule is N#CC1(C#N)[C@@H](c2ccccc2)[C@H](Br)[C@]2(O)C[C@@]1(C#N)C(=O)N2. The normalized spacial score (nSPS) is 37.1. The van der Waals surface area contributed by atoms with E-state index >= 15 is 0 Å². The summed E-state index contributed by atoms with van der Waals surface area (Å²) in [5.41, 5.74) is -4.92. The summed E-state index contributed by atoms with van der Waals surface area (Å²) in [6, 6.07) is 14.4. The number of hydrogen-bond donors (Lipinski definition) is 2. The van der Waals surface area contributed by atoms with Gasteiger partial charge in [-0.05, 0) is 5.56 Å². The first-order chi connectivity index (χ1) is 10.9. The minimum absolute atomic E-state index is 0.310. The van der Waals surface area contributed by atoms with Crippen molar-refractivity contribution < 1.29 is 9.90 Å². The molecule has 1 aliphatic heterocycles. The van der Waals surface area contributed by atoms with E-state index in [4.69, 9.17) is 0 Å². The highest BCUT2D eigenvalue weighted by atomic mass is 79.9. The minimum atomic E-state index is -1.92. The van der Waals surface area contributed by atoms with Crippen molar-refractivity contribution in [1.29, 1.82) is 15.8 Å². The fourth-order valence-corrected chi connectivity index (χ4v) is 4.67. The van der Waals surface area contributed by atoms with Crippen molar-refractivity contribution in [2.45, 2.75) is 22.9 Å². The van der Waals surface area contributed by atoms with E-state index in [-0.39, 0.29) is 6.42 Å². The van der Waals surface area contributed by atoms with E-state index in [1.165, 1.54) is 0 Å². The molecule has 1 aliphatic carbocycles. The number of nitriles is 3. The number of rotatable bonds is 1. The third-order valence-corrected chi connectivity index (χ3v) is 6.13. The van der Waals surface area contributed by atoms with Gasteiger partial charge in [-0.1, -0.05) is 46.3 Å². The molecule has 23 heavy (non-hydrogen) atoms. The molecule has 6 nitrogen and oxygen atoms in total. The van der Waals surface area contributed by atoms with Gasteiger partial charge in [0.15, 0.2) is 16.6 Å². The Bertz CT molecular complexity index is 792. The van der Waals surface area contributed by atoms with Crippen LogP contribution in [0.4, 0.5) is 0 Å². The van der Waals surface area contributed by atoms with Crippen LogP contribution in [0.2, 0.25) is 0 Å². The highest BCUT2D eigenvalue weighted by molar-refractivity contribution is 9.09. The highest BCUT2D eigenvalue weighted by Crippen LogP contribution is 2.63. The number of carbonyl (C=O) groups excluding carboxylic acids is 1. The second kappa shape index (κ2) is 4.80. The lowest BCUT2D eigenvalue weighted by Crippen LogP contribution is -2.58. The summed E-state index contributed by atoms with van der Waals surface area (Å²) in [6.07, 6.45) is -0.310. The number of fused-ring (bicyclic) bond motifs is 2. The lowest BCUT2D eigenvalue weighted by molar-refractivity contribution is -0.128. The maximum atomic E-state index is 12.5. The summed E-state index contributed by atoms with van der Waals surface area (Å²) in [4.78, 5) is 11.7. The van der Waals surface area contributed by atoms with Crippen LogP contribution in [0, 0.1) is 44.8 Å². The Labute approximate surface area is 141 Å². The van der Waals surface area contributed by atoms with Gasteiger partial charge in [-0.25, -0.2) is 0 Å². The van der Waals surface area contributed by atoms with Crippen LogP contribution in [0.25, 0.3) is 0 Å². The van der Waals surface area contributed by atoms with Crippen molar-refractivity contribution in [2.75, 3.05) is 0 Å². The molecule has 2 fully saturated rings. The van der Waals surface area contributed by atoms with Crippen LogP contribution in [0.5, 0.6) is 0 Å². The predicted molar refractivity (Wildman–Crippen MR) is 81.3 cm³/mol. The van der Waals surface area contributed by atoms with Crippen LogP contribution in [-0.4, -0.2) is 21.6 Å². The number of nitrogens with one attached hydrogen (secondary N) is 1. The molecule has 7 heteroatoms. The summed E-state index contributed by atoms with van der Waals surface area (Å²) in [5.74, 6) is -1.63. The number of benzene rings is 1. The van der Waals surface area contributed by atoms with Crippen LogP contribution < -0.4 is 5.32 Å². The summed E-state index contributed by atoms with van der Waals surface area (Å²) < 4.78 is 0. The van der Waals surface area contributed by atoms with E-state index in [9.17, 15) is 25.7 Å². The lowest BCUT2D eigenvalue weighted by atomic mass is 9.51. The fourth-order valence-electron chi connectivity index (χ4n) is 3.69. The first-order valence-corrected chi connectivity index (χ1v) is 7.80. The van der Waals surface area contributed by atoms with Crippen molar-refractivity contribution in [1.82, 2.24) is 5.32 Å². The first kappa shape index (κ1) is 15.5. The van der Waals surface area contributed by atoms with Gasteiger partial charge in [-0.15, -0.1) is 0 Å². The number of carbonyl (C=O) groups is 1. The molecule has 0 aromatic heterocycles. The van der Waals surface area contributed by atoms with Crippen molar-refractivity contribution in [3.8, 4) is 18.2 Å². The molecule has 0 unspecified atom stereocenters. The third-order valence-electron chi connectivity index (χ3n) is 4.84. The Kier molecular flexibility index (Phi) is 3.23. The molecule has 2 aliphatic rings. The van der Waals surface area contributed by atoms with E-state index in [2.05, 4.69) is 21.2 Å². The van der Waals surface area contributed by atoms with E-state index < -0.39 is 33.2 Å². The molecule has 1 amide bonds. The zero-order chi connectivity index (χ0) is 16.9. The van der Waals surface area contributed by atoms with Gasteiger partial charge in [0.25, 0.3) is 0 Å². The first-order valence-electron chi connectivity index (χ1n) is 6.88. The zero-order valence-electron chi connectivity index (χ0n) is 11.8. The molecular weight excluding hydrogens is 360 g/mol. The average Bonchev–Trinajstić information content (AvgIpc) is 2.82.